The summed E-state index contributed by atoms with van der Waals surface area (Å²) in [5, 5.41) is 2.85. The van der Waals surface area contributed by atoms with Gasteiger partial charge in [0.2, 0.25) is 15.9 Å². The fourth-order valence-corrected chi connectivity index (χ4v) is 4.94. The minimum absolute atomic E-state index is 0.370. The van der Waals surface area contributed by atoms with Gasteiger partial charge < -0.3 is 10.2 Å². The third kappa shape index (κ3) is 4.90. The topological polar surface area (TPSA) is 69.7 Å². The number of rotatable bonds is 6. The molecule has 1 amide bonds. The molecule has 2 aromatic carbocycles. The van der Waals surface area contributed by atoms with Crippen LogP contribution < -0.4 is 14.5 Å². The highest BCUT2D eigenvalue weighted by Crippen LogP contribution is 2.27. The van der Waals surface area contributed by atoms with E-state index in [1.54, 1.807) is 13.0 Å². The van der Waals surface area contributed by atoms with Gasteiger partial charge in [0.15, 0.2) is 0 Å². The van der Waals surface area contributed by atoms with Crippen LogP contribution in [0.1, 0.15) is 30.9 Å². The Bertz CT molecular complexity index is 981. The van der Waals surface area contributed by atoms with Gasteiger partial charge in [0.1, 0.15) is 6.04 Å². The molecule has 1 aliphatic heterocycles. The minimum Gasteiger partial charge on any atom is -0.372 e. The van der Waals surface area contributed by atoms with Crippen LogP contribution in [0.15, 0.2) is 42.5 Å². The third-order valence-corrected chi connectivity index (χ3v) is 6.52. The molecule has 1 N–H and O–H groups in total. The predicted octanol–water partition coefficient (Wildman–Crippen LogP) is 3.70. The van der Waals surface area contributed by atoms with Gasteiger partial charge in [0.25, 0.3) is 0 Å². The molecule has 3 rings (SSSR count). The van der Waals surface area contributed by atoms with Gasteiger partial charge in [-0.2, -0.15) is 0 Å². The van der Waals surface area contributed by atoms with Gasteiger partial charge in [-0.05, 0) is 75.1 Å². The van der Waals surface area contributed by atoms with Crippen LogP contribution in [0.5, 0.6) is 0 Å². The van der Waals surface area contributed by atoms with E-state index in [1.165, 1.54) is 17.1 Å². The Hall–Kier alpha value is -2.54. The molecule has 1 aliphatic rings. The van der Waals surface area contributed by atoms with Crippen molar-refractivity contribution >= 4 is 33.0 Å². The summed E-state index contributed by atoms with van der Waals surface area (Å²) in [5.74, 6) is -0.370. The molecular formula is C22H29N3O3S. The van der Waals surface area contributed by atoms with Crippen LogP contribution in [0.4, 0.5) is 17.1 Å². The van der Waals surface area contributed by atoms with Crippen molar-refractivity contribution in [1.82, 2.24) is 0 Å². The molecule has 1 atom stereocenters. The largest absolute Gasteiger partial charge is 0.372 e. The maximum Gasteiger partial charge on any atom is 0.247 e. The van der Waals surface area contributed by atoms with Crippen molar-refractivity contribution in [2.45, 2.75) is 39.7 Å². The highest BCUT2D eigenvalue weighted by molar-refractivity contribution is 7.92. The fourth-order valence-electron chi connectivity index (χ4n) is 3.72. The average Bonchev–Trinajstić information content (AvgIpc) is 3.19. The summed E-state index contributed by atoms with van der Waals surface area (Å²) in [7, 11) is -3.65. The molecule has 1 heterocycles. The smallest absolute Gasteiger partial charge is 0.247 e. The second kappa shape index (κ2) is 8.45. The van der Waals surface area contributed by atoms with E-state index in [-0.39, 0.29) is 5.91 Å². The normalized spacial score (nSPS) is 15.2. The number of carbonyl (C=O) groups excluding carboxylic acids is 1. The zero-order chi connectivity index (χ0) is 21.2. The van der Waals surface area contributed by atoms with E-state index < -0.39 is 16.1 Å². The van der Waals surface area contributed by atoms with E-state index in [9.17, 15) is 13.2 Å². The van der Waals surface area contributed by atoms with Gasteiger partial charge in [-0.15, -0.1) is 0 Å². The lowest BCUT2D eigenvalue weighted by Crippen LogP contribution is -2.45. The number of sulfonamides is 1. The zero-order valence-electron chi connectivity index (χ0n) is 17.5. The molecule has 6 nitrogen and oxygen atoms in total. The summed E-state index contributed by atoms with van der Waals surface area (Å²) < 4.78 is 26.2. The lowest BCUT2D eigenvalue weighted by Gasteiger charge is -2.29. The van der Waals surface area contributed by atoms with Crippen LogP contribution in [0.25, 0.3) is 0 Å². The number of nitrogens with zero attached hydrogens (tertiary/aromatic N) is 2. The second-order valence-corrected chi connectivity index (χ2v) is 9.61. The molecule has 29 heavy (non-hydrogen) atoms. The first-order valence-corrected chi connectivity index (χ1v) is 11.7. The summed E-state index contributed by atoms with van der Waals surface area (Å²) in [5.41, 5.74) is 4.06. The van der Waals surface area contributed by atoms with Crippen LogP contribution in [0, 0.1) is 13.8 Å². The summed E-state index contributed by atoms with van der Waals surface area (Å²) >= 11 is 0. The van der Waals surface area contributed by atoms with E-state index in [4.69, 9.17) is 0 Å². The highest BCUT2D eigenvalue weighted by atomic mass is 32.2. The van der Waals surface area contributed by atoms with Crippen LogP contribution in [0.2, 0.25) is 0 Å². The standard InChI is InChI=1S/C22H29N3O3S/c1-16-7-8-17(2)21(15-16)25(29(4,27)28)18(3)22(26)23-19-9-11-20(12-10-19)24-13-5-6-14-24/h7-12,15,18H,5-6,13-14H2,1-4H3,(H,23,26)/t18-/m0/s1. The van der Waals surface area contributed by atoms with Crippen LogP contribution in [0.3, 0.4) is 0 Å². The summed E-state index contributed by atoms with van der Waals surface area (Å²) in [6.07, 6.45) is 3.54. The lowest BCUT2D eigenvalue weighted by atomic mass is 10.1. The SMILES string of the molecule is Cc1ccc(C)c(N([C@@H](C)C(=O)Nc2ccc(N3CCCC3)cc2)S(C)(=O)=O)c1. The Morgan fingerprint density at radius 1 is 1.07 bits per heavy atom. The van der Waals surface area contributed by atoms with Gasteiger partial charge in [-0.3, -0.25) is 9.10 Å². The molecule has 0 saturated carbocycles. The summed E-state index contributed by atoms with van der Waals surface area (Å²) in [6, 6.07) is 12.4. The van der Waals surface area contributed by atoms with Crippen LogP contribution in [-0.2, 0) is 14.8 Å². The van der Waals surface area contributed by atoms with E-state index in [1.807, 2.05) is 50.2 Å². The first-order valence-electron chi connectivity index (χ1n) is 9.89. The van der Waals surface area contributed by atoms with Crippen molar-refractivity contribution in [3.05, 3.63) is 53.6 Å². The Kier molecular flexibility index (Phi) is 6.17. The third-order valence-electron chi connectivity index (χ3n) is 5.30. The molecule has 0 spiro atoms. The monoisotopic (exact) mass is 415 g/mol. The Balaban J connectivity index is 1.80. The number of hydrogen-bond donors (Lipinski definition) is 1. The van der Waals surface area contributed by atoms with E-state index in [0.717, 1.165) is 36.2 Å². The van der Waals surface area contributed by atoms with Crippen molar-refractivity contribution in [2.24, 2.45) is 0 Å². The molecule has 1 saturated heterocycles. The molecular weight excluding hydrogens is 386 g/mol. The summed E-state index contributed by atoms with van der Waals surface area (Å²) in [4.78, 5) is 15.2. The fraction of sp³-hybridized carbons (Fsp3) is 0.409. The Labute approximate surface area is 173 Å². The quantitative estimate of drug-likeness (QED) is 0.781. The minimum atomic E-state index is -3.65. The molecule has 0 unspecified atom stereocenters. The van der Waals surface area contributed by atoms with E-state index >= 15 is 0 Å². The molecule has 1 fully saturated rings. The maximum atomic E-state index is 12.9. The molecule has 0 aliphatic carbocycles. The zero-order valence-corrected chi connectivity index (χ0v) is 18.3. The average molecular weight is 416 g/mol. The van der Waals surface area contributed by atoms with Crippen LogP contribution >= 0.6 is 0 Å². The lowest BCUT2D eigenvalue weighted by molar-refractivity contribution is -0.116. The van der Waals surface area contributed by atoms with Gasteiger partial charge >= 0.3 is 0 Å². The van der Waals surface area contributed by atoms with Gasteiger partial charge in [0, 0.05) is 24.5 Å². The van der Waals surface area contributed by atoms with Gasteiger partial charge in [0.05, 0.1) is 11.9 Å². The van der Waals surface area contributed by atoms with Gasteiger partial charge in [-0.25, -0.2) is 8.42 Å². The number of anilines is 3. The molecule has 0 bridgehead atoms. The number of aryl methyl sites for hydroxylation is 2. The molecule has 7 heteroatoms. The number of benzene rings is 2. The Morgan fingerprint density at radius 2 is 1.69 bits per heavy atom. The van der Waals surface area contributed by atoms with Crippen molar-refractivity contribution in [3.63, 3.8) is 0 Å². The van der Waals surface area contributed by atoms with E-state index in [0.29, 0.717) is 11.4 Å². The number of carbonyl (C=O) groups is 1. The predicted molar refractivity (Wildman–Crippen MR) is 119 cm³/mol. The molecule has 0 aromatic heterocycles. The van der Waals surface area contributed by atoms with Crippen molar-refractivity contribution < 1.29 is 13.2 Å². The summed E-state index contributed by atoms with van der Waals surface area (Å²) in [6.45, 7) is 7.46. The first-order chi connectivity index (χ1) is 13.7. The maximum absolute atomic E-state index is 12.9. The van der Waals surface area contributed by atoms with Crippen molar-refractivity contribution in [3.8, 4) is 0 Å². The molecule has 0 radical (unpaired) electrons. The highest BCUT2D eigenvalue weighted by Gasteiger charge is 2.30. The van der Waals surface area contributed by atoms with E-state index in [2.05, 4.69) is 10.2 Å². The van der Waals surface area contributed by atoms with Crippen molar-refractivity contribution in [2.75, 3.05) is 33.9 Å². The Morgan fingerprint density at radius 3 is 2.28 bits per heavy atom. The second-order valence-electron chi connectivity index (χ2n) is 7.76. The number of amides is 1. The molecule has 156 valence electrons. The van der Waals surface area contributed by atoms with Crippen molar-refractivity contribution in [1.29, 1.82) is 0 Å². The van der Waals surface area contributed by atoms with Crippen LogP contribution in [-0.4, -0.2) is 39.7 Å². The van der Waals surface area contributed by atoms with Gasteiger partial charge in [-0.1, -0.05) is 12.1 Å². The first kappa shape index (κ1) is 21.2. The molecule has 2 aromatic rings. The number of hydrogen-bond acceptors (Lipinski definition) is 4. The number of nitrogens with one attached hydrogen (secondary N) is 1.